The van der Waals surface area contributed by atoms with Crippen LogP contribution in [0.3, 0.4) is 0 Å². The third-order valence-corrected chi connectivity index (χ3v) is 5.47. The van der Waals surface area contributed by atoms with Crippen LogP contribution in [0.15, 0.2) is 61.1 Å². The molecule has 3 rings (SSSR count). The number of nitrogens with one attached hydrogen (secondary N) is 3. The van der Waals surface area contributed by atoms with Crippen LogP contribution < -0.4 is 16.0 Å². The van der Waals surface area contributed by atoms with E-state index in [-0.39, 0.29) is 12.0 Å². The number of carbonyl (C=O) groups is 2. The number of hydrogen-bond acceptors (Lipinski definition) is 5. The van der Waals surface area contributed by atoms with E-state index in [9.17, 15) is 23.5 Å². The molecular weight excluding hydrogens is 468 g/mol. The van der Waals surface area contributed by atoms with Crippen LogP contribution in [0, 0.1) is 11.6 Å². The predicted molar refractivity (Wildman–Crippen MR) is 132 cm³/mol. The van der Waals surface area contributed by atoms with E-state index in [1.807, 2.05) is 37.3 Å². The Hall–Kier alpha value is -3.63. The number of amides is 2. The van der Waals surface area contributed by atoms with Crippen molar-refractivity contribution in [2.45, 2.75) is 44.9 Å². The van der Waals surface area contributed by atoms with E-state index in [1.165, 1.54) is 0 Å². The van der Waals surface area contributed by atoms with E-state index >= 15 is 0 Å². The normalized spacial score (nSPS) is 12.7. The molecule has 1 heterocycles. The molecule has 1 unspecified atom stereocenters. The number of aliphatic hydroxyl groups excluding tert-OH is 1. The molecule has 3 aromatic rings. The maximum absolute atomic E-state index is 13.4. The molecule has 4 N–H and O–H groups in total. The van der Waals surface area contributed by atoms with E-state index in [0.29, 0.717) is 38.3 Å². The number of nitrogens with zero attached hydrogens (tertiary/aromatic N) is 2. The molecule has 1 aromatic heterocycles. The fraction of sp³-hybridized carbons (Fsp3) is 0.346. The summed E-state index contributed by atoms with van der Waals surface area (Å²) >= 11 is 0. The van der Waals surface area contributed by atoms with Crippen molar-refractivity contribution in [3.05, 3.63) is 83.8 Å². The highest BCUT2D eigenvalue weighted by atomic mass is 19.1. The van der Waals surface area contributed by atoms with Gasteiger partial charge in [0.25, 0.3) is 0 Å². The maximum atomic E-state index is 13.4. The Morgan fingerprint density at radius 2 is 1.83 bits per heavy atom. The van der Waals surface area contributed by atoms with Crippen LogP contribution in [-0.4, -0.2) is 45.6 Å². The van der Waals surface area contributed by atoms with Crippen LogP contribution in [0.25, 0.3) is 0 Å². The Labute approximate surface area is 208 Å². The topological polar surface area (TPSA) is 108 Å². The van der Waals surface area contributed by atoms with Crippen molar-refractivity contribution >= 4 is 17.6 Å². The van der Waals surface area contributed by atoms with Crippen LogP contribution >= 0.6 is 0 Å². The van der Waals surface area contributed by atoms with E-state index in [2.05, 4.69) is 20.9 Å². The van der Waals surface area contributed by atoms with Crippen molar-refractivity contribution in [3.63, 3.8) is 0 Å². The molecule has 36 heavy (non-hydrogen) atoms. The molecule has 2 aromatic carbocycles. The van der Waals surface area contributed by atoms with Crippen molar-refractivity contribution in [1.29, 1.82) is 0 Å². The first-order valence-electron chi connectivity index (χ1n) is 11.8. The van der Waals surface area contributed by atoms with Crippen LogP contribution in [0.5, 0.6) is 0 Å². The molecular formula is C26H31F2N5O3. The third kappa shape index (κ3) is 8.54. The zero-order valence-electron chi connectivity index (χ0n) is 20.1. The highest BCUT2D eigenvalue weighted by Crippen LogP contribution is 2.11. The van der Waals surface area contributed by atoms with E-state index in [0.717, 1.165) is 23.8 Å². The lowest BCUT2D eigenvalue weighted by atomic mass is 10.1. The van der Waals surface area contributed by atoms with Crippen molar-refractivity contribution in [2.75, 3.05) is 18.4 Å². The smallest absolute Gasteiger partial charge is 0.248 e. The number of benzene rings is 2. The molecule has 0 aliphatic rings. The summed E-state index contributed by atoms with van der Waals surface area (Å²) in [7, 11) is 0. The molecule has 0 saturated heterocycles. The highest BCUT2D eigenvalue weighted by Gasteiger charge is 2.21. The summed E-state index contributed by atoms with van der Waals surface area (Å²) in [5.41, 5.74) is 1.03. The van der Waals surface area contributed by atoms with Gasteiger partial charge in [-0.3, -0.25) is 9.59 Å². The number of aliphatic hydroxyl groups is 1. The monoisotopic (exact) mass is 499 g/mol. The number of anilines is 1. The number of rotatable bonds is 13. The zero-order chi connectivity index (χ0) is 25.9. The average Bonchev–Trinajstić information content (AvgIpc) is 3.28. The van der Waals surface area contributed by atoms with Gasteiger partial charge < -0.3 is 25.6 Å². The number of imidazole rings is 1. The van der Waals surface area contributed by atoms with Gasteiger partial charge >= 0.3 is 0 Å². The molecule has 2 amide bonds. The van der Waals surface area contributed by atoms with Gasteiger partial charge in [0.05, 0.1) is 18.9 Å². The summed E-state index contributed by atoms with van der Waals surface area (Å²) in [6.07, 6.45) is 3.44. The van der Waals surface area contributed by atoms with Crippen LogP contribution in [0.1, 0.15) is 37.0 Å². The number of carbonyl (C=O) groups excluding carboxylic acids is 2. The second kappa shape index (κ2) is 13.5. The van der Waals surface area contributed by atoms with Gasteiger partial charge in [0.1, 0.15) is 17.7 Å². The molecule has 0 fully saturated rings. The second-order valence-corrected chi connectivity index (χ2v) is 8.48. The molecule has 0 bridgehead atoms. The standard InChI is InChI=1S/C26H31F2N5O3/c1-2-6-22(31-25(35)13-18-11-20(27)14-21(28)12-18)26(36)32-24-16-33(17-30-24)10-9-29-15-23(34)19-7-4-3-5-8-19/h3-5,7-8,11-12,14,16-17,22-23,29,34H,2,6,9-10,13,15H2,1H3,(H,31,35)(H,32,36)/t22?,23-/m1/s1. The number of hydrogen-bond donors (Lipinski definition) is 4. The summed E-state index contributed by atoms with van der Waals surface area (Å²) in [5.74, 6) is -2.13. The van der Waals surface area contributed by atoms with Gasteiger partial charge in [-0.15, -0.1) is 0 Å². The molecule has 2 atom stereocenters. The summed E-state index contributed by atoms with van der Waals surface area (Å²) in [4.78, 5) is 29.3. The second-order valence-electron chi connectivity index (χ2n) is 8.48. The largest absolute Gasteiger partial charge is 0.387 e. The Kier molecular flexibility index (Phi) is 10.1. The first-order chi connectivity index (χ1) is 17.3. The quantitative estimate of drug-likeness (QED) is 0.271. The van der Waals surface area contributed by atoms with Gasteiger partial charge in [0.15, 0.2) is 5.82 Å². The maximum Gasteiger partial charge on any atom is 0.248 e. The molecule has 8 nitrogen and oxygen atoms in total. The Bertz CT molecular complexity index is 1120. The fourth-order valence-electron chi connectivity index (χ4n) is 3.70. The van der Waals surface area contributed by atoms with Gasteiger partial charge in [0, 0.05) is 31.9 Å². The van der Waals surface area contributed by atoms with Crippen molar-refractivity contribution < 1.29 is 23.5 Å². The fourth-order valence-corrected chi connectivity index (χ4v) is 3.70. The van der Waals surface area contributed by atoms with Gasteiger partial charge in [-0.25, -0.2) is 13.8 Å². The average molecular weight is 500 g/mol. The molecule has 192 valence electrons. The molecule has 0 saturated carbocycles. The number of halogens is 2. The van der Waals surface area contributed by atoms with Crippen molar-refractivity contribution in [3.8, 4) is 0 Å². The first kappa shape index (κ1) is 27.0. The lowest BCUT2D eigenvalue weighted by Crippen LogP contribution is -2.44. The van der Waals surface area contributed by atoms with Crippen LogP contribution in [-0.2, 0) is 22.6 Å². The minimum Gasteiger partial charge on any atom is -0.387 e. The lowest BCUT2D eigenvalue weighted by molar-refractivity contribution is -0.126. The Morgan fingerprint density at radius 3 is 2.53 bits per heavy atom. The Balaban J connectivity index is 1.46. The molecule has 0 spiro atoms. The summed E-state index contributed by atoms with van der Waals surface area (Å²) in [5, 5.41) is 18.7. The minimum atomic E-state index is -0.813. The predicted octanol–water partition coefficient (Wildman–Crippen LogP) is 2.95. The summed E-state index contributed by atoms with van der Waals surface area (Å²) < 4.78 is 28.6. The van der Waals surface area contributed by atoms with Gasteiger partial charge in [-0.2, -0.15) is 0 Å². The summed E-state index contributed by atoms with van der Waals surface area (Å²) in [6, 6.07) is 11.5. The van der Waals surface area contributed by atoms with Crippen molar-refractivity contribution in [2.24, 2.45) is 0 Å². The van der Waals surface area contributed by atoms with E-state index < -0.39 is 35.6 Å². The minimum absolute atomic E-state index is 0.185. The van der Waals surface area contributed by atoms with Crippen LogP contribution in [0.4, 0.5) is 14.6 Å². The van der Waals surface area contributed by atoms with Gasteiger partial charge in [0.2, 0.25) is 11.8 Å². The number of aromatic nitrogens is 2. The van der Waals surface area contributed by atoms with Gasteiger partial charge in [-0.05, 0) is 29.7 Å². The molecule has 0 aliphatic carbocycles. The highest BCUT2D eigenvalue weighted by molar-refractivity contribution is 5.96. The van der Waals surface area contributed by atoms with E-state index in [1.54, 1.807) is 17.1 Å². The van der Waals surface area contributed by atoms with Gasteiger partial charge in [-0.1, -0.05) is 43.7 Å². The first-order valence-corrected chi connectivity index (χ1v) is 11.8. The van der Waals surface area contributed by atoms with Crippen molar-refractivity contribution in [1.82, 2.24) is 20.2 Å². The Morgan fingerprint density at radius 1 is 1.11 bits per heavy atom. The molecule has 0 aliphatic heterocycles. The molecule has 0 radical (unpaired) electrons. The molecule has 10 heteroatoms. The van der Waals surface area contributed by atoms with Crippen LogP contribution in [0.2, 0.25) is 0 Å². The third-order valence-electron chi connectivity index (χ3n) is 5.47. The summed E-state index contributed by atoms with van der Waals surface area (Å²) in [6.45, 7) is 3.44. The SMILES string of the molecule is CCCC(NC(=O)Cc1cc(F)cc(F)c1)C(=O)Nc1cn(CCNC[C@@H](O)c2ccccc2)cn1. The lowest BCUT2D eigenvalue weighted by Gasteiger charge is -2.17. The zero-order valence-corrected chi connectivity index (χ0v) is 20.1. The van der Waals surface area contributed by atoms with E-state index in [4.69, 9.17) is 0 Å².